The summed E-state index contributed by atoms with van der Waals surface area (Å²) in [7, 11) is 3.00. The van der Waals surface area contributed by atoms with Gasteiger partial charge in [0.25, 0.3) is 0 Å². The van der Waals surface area contributed by atoms with Gasteiger partial charge in [-0.3, -0.25) is 9.59 Å². The zero-order chi connectivity index (χ0) is 15.8. The van der Waals surface area contributed by atoms with E-state index in [1.807, 2.05) is 13.8 Å². The molecule has 0 spiro atoms. The first-order valence-electron chi connectivity index (χ1n) is 6.99. The molecule has 0 aliphatic carbocycles. The van der Waals surface area contributed by atoms with Crippen LogP contribution in [0.3, 0.4) is 0 Å². The van der Waals surface area contributed by atoms with E-state index in [1.165, 1.54) is 14.2 Å². The highest BCUT2D eigenvalue weighted by Crippen LogP contribution is 2.24. The lowest BCUT2D eigenvalue weighted by molar-refractivity contribution is -0.147. The van der Waals surface area contributed by atoms with Crippen molar-refractivity contribution in [1.29, 1.82) is 0 Å². The second kappa shape index (κ2) is 8.29. The molecular weight excluding hydrogens is 272 g/mol. The van der Waals surface area contributed by atoms with Gasteiger partial charge in [-0.2, -0.15) is 0 Å². The second-order valence-electron chi connectivity index (χ2n) is 4.61. The van der Waals surface area contributed by atoms with Crippen LogP contribution in [0.25, 0.3) is 0 Å². The molecule has 1 aromatic rings. The Morgan fingerprint density at radius 2 is 1.76 bits per heavy atom. The average Bonchev–Trinajstić information content (AvgIpc) is 2.52. The van der Waals surface area contributed by atoms with Crippen molar-refractivity contribution in [3.8, 4) is 11.5 Å². The van der Waals surface area contributed by atoms with Gasteiger partial charge in [-0.15, -0.1) is 0 Å². The molecule has 0 saturated heterocycles. The molecule has 1 rings (SSSR count). The number of esters is 1. The number of benzene rings is 1. The van der Waals surface area contributed by atoms with Gasteiger partial charge in [-0.25, -0.2) is 0 Å². The number of hydrogen-bond donors (Lipinski definition) is 0. The van der Waals surface area contributed by atoms with Crippen molar-refractivity contribution in [2.45, 2.75) is 26.7 Å². The highest BCUT2D eigenvalue weighted by Gasteiger charge is 2.19. The zero-order valence-corrected chi connectivity index (χ0v) is 13.0. The summed E-state index contributed by atoms with van der Waals surface area (Å²) in [6.45, 7) is 3.55. The molecule has 0 heterocycles. The molecule has 0 bridgehead atoms. The van der Waals surface area contributed by atoms with Gasteiger partial charge in [0.1, 0.15) is 11.5 Å². The lowest BCUT2D eigenvalue weighted by atomic mass is 10.0. The highest BCUT2D eigenvalue weighted by molar-refractivity contribution is 6.00. The maximum Gasteiger partial charge on any atom is 0.309 e. The number of carbonyl (C=O) groups excluding carboxylic acids is 2. The Morgan fingerprint density at radius 3 is 2.29 bits per heavy atom. The van der Waals surface area contributed by atoms with E-state index in [0.717, 1.165) is 0 Å². The second-order valence-corrected chi connectivity index (χ2v) is 4.61. The van der Waals surface area contributed by atoms with Crippen molar-refractivity contribution in [1.82, 2.24) is 0 Å². The summed E-state index contributed by atoms with van der Waals surface area (Å²) < 4.78 is 15.3. The van der Waals surface area contributed by atoms with Crippen LogP contribution in [0.15, 0.2) is 18.2 Å². The minimum atomic E-state index is -0.338. The van der Waals surface area contributed by atoms with Crippen LogP contribution in [0.4, 0.5) is 0 Å². The Bertz CT molecular complexity index is 491. The van der Waals surface area contributed by atoms with E-state index in [1.54, 1.807) is 18.2 Å². The Balaban J connectivity index is 2.77. The topological polar surface area (TPSA) is 61.8 Å². The van der Waals surface area contributed by atoms with Gasteiger partial charge in [0.05, 0.1) is 25.7 Å². The molecule has 0 aliphatic rings. The van der Waals surface area contributed by atoms with Crippen LogP contribution in [0.2, 0.25) is 0 Å². The fourth-order valence-electron chi connectivity index (χ4n) is 1.99. The Morgan fingerprint density at radius 1 is 1.10 bits per heavy atom. The number of rotatable bonds is 8. The molecular formula is C16H22O5. The summed E-state index contributed by atoms with van der Waals surface area (Å²) in [4.78, 5) is 24.0. The van der Waals surface area contributed by atoms with Crippen LogP contribution in [-0.4, -0.2) is 32.6 Å². The molecule has 116 valence electrons. The fourth-order valence-corrected chi connectivity index (χ4v) is 1.99. The van der Waals surface area contributed by atoms with Crippen molar-refractivity contribution >= 4 is 11.8 Å². The van der Waals surface area contributed by atoms with Crippen molar-refractivity contribution in [3.63, 3.8) is 0 Å². The monoisotopic (exact) mass is 294 g/mol. The number of carbonyl (C=O) groups is 2. The van der Waals surface area contributed by atoms with Crippen molar-refractivity contribution < 1.29 is 23.8 Å². The molecule has 0 amide bonds. The zero-order valence-electron chi connectivity index (χ0n) is 13.0. The molecule has 0 aliphatic heterocycles. The van der Waals surface area contributed by atoms with Gasteiger partial charge < -0.3 is 14.2 Å². The summed E-state index contributed by atoms with van der Waals surface area (Å²) in [5, 5.41) is 0. The largest absolute Gasteiger partial charge is 0.497 e. The minimum absolute atomic E-state index is 0.162. The van der Waals surface area contributed by atoms with Crippen LogP contribution in [0, 0.1) is 5.92 Å². The van der Waals surface area contributed by atoms with Gasteiger partial charge in [0, 0.05) is 0 Å². The van der Waals surface area contributed by atoms with Gasteiger partial charge >= 0.3 is 5.97 Å². The number of hydrogen-bond acceptors (Lipinski definition) is 5. The van der Waals surface area contributed by atoms with Crippen LogP contribution in [-0.2, 0) is 9.53 Å². The molecule has 1 aromatic carbocycles. The normalized spacial score (nSPS) is 10.3. The van der Waals surface area contributed by atoms with E-state index in [-0.39, 0.29) is 24.3 Å². The third-order valence-corrected chi connectivity index (χ3v) is 3.37. The van der Waals surface area contributed by atoms with Crippen LogP contribution in [0.1, 0.15) is 37.0 Å². The van der Waals surface area contributed by atoms with Crippen LogP contribution >= 0.6 is 0 Å². The predicted molar refractivity (Wildman–Crippen MR) is 78.9 cm³/mol. The van der Waals surface area contributed by atoms with Gasteiger partial charge in [-0.1, -0.05) is 13.8 Å². The third-order valence-electron chi connectivity index (χ3n) is 3.37. The first kappa shape index (κ1) is 17.0. The number of ether oxygens (including phenoxy) is 3. The summed E-state index contributed by atoms with van der Waals surface area (Å²) >= 11 is 0. The van der Waals surface area contributed by atoms with Gasteiger partial charge in [0.15, 0.2) is 6.61 Å². The quantitative estimate of drug-likeness (QED) is 0.545. The molecule has 0 saturated carbocycles. The van der Waals surface area contributed by atoms with E-state index < -0.39 is 0 Å². The average molecular weight is 294 g/mol. The lowest BCUT2D eigenvalue weighted by Crippen LogP contribution is -2.21. The van der Waals surface area contributed by atoms with Crippen molar-refractivity contribution in [2.75, 3.05) is 20.8 Å². The molecule has 5 nitrogen and oxygen atoms in total. The molecule has 0 fully saturated rings. The molecule has 0 unspecified atom stereocenters. The minimum Gasteiger partial charge on any atom is -0.497 e. The van der Waals surface area contributed by atoms with Crippen molar-refractivity contribution in [2.24, 2.45) is 5.92 Å². The van der Waals surface area contributed by atoms with E-state index in [2.05, 4.69) is 0 Å². The molecule has 21 heavy (non-hydrogen) atoms. The number of methoxy groups -OCH3 is 2. The number of ketones is 1. The SMILES string of the molecule is CCC(CC)C(=O)OCC(=O)c1cc(OC)ccc1OC. The van der Waals surface area contributed by atoms with E-state index >= 15 is 0 Å². The first-order valence-corrected chi connectivity index (χ1v) is 6.99. The van der Waals surface area contributed by atoms with Crippen LogP contribution in [0.5, 0.6) is 11.5 Å². The van der Waals surface area contributed by atoms with E-state index in [9.17, 15) is 9.59 Å². The summed E-state index contributed by atoms with van der Waals surface area (Å²) in [5.41, 5.74) is 0.342. The Kier molecular flexibility index (Phi) is 6.72. The Labute approximate surface area is 125 Å². The van der Waals surface area contributed by atoms with Gasteiger partial charge in [0.2, 0.25) is 5.78 Å². The Hall–Kier alpha value is -2.04. The van der Waals surface area contributed by atoms with E-state index in [4.69, 9.17) is 14.2 Å². The summed E-state index contributed by atoms with van der Waals surface area (Å²) in [6.07, 6.45) is 1.40. The fraction of sp³-hybridized carbons (Fsp3) is 0.500. The highest BCUT2D eigenvalue weighted by atomic mass is 16.5. The predicted octanol–water partition coefficient (Wildman–Crippen LogP) is 2.87. The summed E-state index contributed by atoms with van der Waals surface area (Å²) in [5.74, 6) is 0.162. The maximum absolute atomic E-state index is 12.2. The molecule has 0 radical (unpaired) electrons. The smallest absolute Gasteiger partial charge is 0.309 e. The van der Waals surface area contributed by atoms with Crippen LogP contribution < -0.4 is 9.47 Å². The van der Waals surface area contributed by atoms with Gasteiger partial charge in [-0.05, 0) is 31.0 Å². The molecule has 0 atom stereocenters. The third kappa shape index (κ3) is 4.48. The lowest BCUT2D eigenvalue weighted by Gasteiger charge is -2.13. The number of Topliss-reactive ketones (excluding diaryl/α,β-unsaturated/α-hetero) is 1. The van der Waals surface area contributed by atoms with Crippen molar-refractivity contribution in [3.05, 3.63) is 23.8 Å². The maximum atomic E-state index is 12.2. The first-order chi connectivity index (χ1) is 10.1. The molecule has 0 aromatic heterocycles. The van der Waals surface area contributed by atoms with E-state index in [0.29, 0.717) is 29.9 Å². The molecule has 5 heteroatoms. The standard InChI is InChI=1S/C16H22O5/c1-5-11(6-2)16(18)21-10-14(17)13-9-12(19-3)7-8-15(13)20-4/h7-9,11H,5-6,10H2,1-4H3. The summed E-state index contributed by atoms with van der Waals surface area (Å²) in [6, 6.07) is 4.92. The molecule has 0 N–H and O–H groups in total.